The normalized spacial score (nSPS) is 14.6. The quantitative estimate of drug-likeness (QED) is 0.506. The second-order valence-corrected chi connectivity index (χ2v) is 8.06. The number of rotatable bonds is 5. The lowest BCUT2D eigenvalue weighted by Gasteiger charge is -2.59. The van der Waals surface area contributed by atoms with Gasteiger partial charge in [-0.3, -0.25) is 0 Å². The third kappa shape index (κ3) is 2.19. The molecule has 0 fully saturated rings. The molecule has 0 saturated heterocycles. The maximum atomic E-state index is 4.21. The molecule has 0 aliphatic heterocycles. The number of allylic oxidation sites excluding steroid dienone is 2. The lowest BCUT2D eigenvalue weighted by atomic mass is 9.45. The first-order chi connectivity index (χ1) is 7.64. The summed E-state index contributed by atoms with van der Waals surface area (Å²) in [5.41, 5.74) is 2.91. The van der Waals surface area contributed by atoms with E-state index in [-0.39, 0.29) is 21.7 Å². The van der Waals surface area contributed by atoms with Crippen molar-refractivity contribution in [1.29, 1.82) is 0 Å². The molecule has 0 bridgehead atoms. The third-order valence-electron chi connectivity index (χ3n) is 6.82. The third-order valence-corrected chi connectivity index (χ3v) is 6.82. The van der Waals surface area contributed by atoms with E-state index < -0.39 is 0 Å². The molecule has 0 saturated carbocycles. The van der Waals surface area contributed by atoms with Gasteiger partial charge in [-0.05, 0) is 35.5 Å². The van der Waals surface area contributed by atoms with Crippen molar-refractivity contribution in [1.82, 2.24) is 0 Å². The van der Waals surface area contributed by atoms with Crippen LogP contribution in [0, 0.1) is 21.7 Å². The lowest BCUT2D eigenvalue weighted by molar-refractivity contribution is -0.0633. The van der Waals surface area contributed by atoms with Crippen molar-refractivity contribution in [3.63, 3.8) is 0 Å². The Morgan fingerprint density at radius 3 is 0.833 bits per heavy atom. The van der Waals surface area contributed by atoms with Crippen molar-refractivity contribution < 1.29 is 0 Å². The molecule has 0 rings (SSSR count). The Hall–Kier alpha value is -0.520. The van der Waals surface area contributed by atoms with Gasteiger partial charge in [0.25, 0.3) is 0 Å². The first-order valence-electron chi connectivity index (χ1n) is 6.96. The van der Waals surface area contributed by atoms with Crippen LogP contribution in [0.1, 0.15) is 69.2 Å². The van der Waals surface area contributed by atoms with Crippen LogP contribution in [-0.4, -0.2) is 0 Å². The summed E-state index contributed by atoms with van der Waals surface area (Å²) in [7, 11) is 0. The fourth-order valence-electron chi connectivity index (χ4n) is 2.63. The molecule has 18 heavy (non-hydrogen) atoms. The van der Waals surface area contributed by atoms with E-state index in [2.05, 4.69) is 82.4 Å². The van der Waals surface area contributed by atoms with E-state index in [4.69, 9.17) is 0 Å². The molecule has 0 heterocycles. The molecule has 0 spiro atoms. The maximum Gasteiger partial charge on any atom is -0.00936 e. The predicted molar refractivity (Wildman–Crippen MR) is 84.8 cm³/mol. The van der Waals surface area contributed by atoms with Gasteiger partial charge in [-0.15, -0.1) is 0 Å². The lowest BCUT2D eigenvalue weighted by Crippen LogP contribution is -2.52. The predicted octanol–water partition coefficient (Wildman–Crippen LogP) is 6.24. The summed E-state index contributed by atoms with van der Waals surface area (Å²) in [6.07, 6.45) is 0. The van der Waals surface area contributed by atoms with Crippen LogP contribution in [0.5, 0.6) is 0 Å². The van der Waals surface area contributed by atoms with Gasteiger partial charge in [-0.1, -0.05) is 79.7 Å². The van der Waals surface area contributed by atoms with E-state index in [1.807, 2.05) is 0 Å². The van der Waals surface area contributed by atoms with Crippen LogP contribution < -0.4 is 0 Å². The summed E-state index contributed by atoms with van der Waals surface area (Å²) in [6, 6.07) is 0. The zero-order valence-electron chi connectivity index (χ0n) is 14.4. The highest BCUT2D eigenvalue weighted by atomic mass is 14.6. The highest BCUT2D eigenvalue weighted by Crippen LogP contribution is 2.62. The Balaban J connectivity index is 5.89. The Labute approximate surface area is 116 Å². The summed E-state index contributed by atoms with van der Waals surface area (Å²) in [5, 5.41) is 0. The summed E-state index contributed by atoms with van der Waals surface area (Å²) in [4.78, 5) is 0. The summed E-state index contributed by atoms with van der Waals surface area (Å²) in [6.45, 7) is 31.4. The molecule has 0 aromatic heterocycles. The van der Waals surface area contributed by atoms with E-state index in [9.17, 15) is 0 Å². The largest absolute Gasteiger partial charge is 0.0996 e. The molecular weight excluding hydrogens is 216 g/mol. The van der Waals surface area contributed by atoms with Crippen LogP contribution in [0.15, 0.2) is 24.3 Å². The van der Waals surface area contributed by atoms with Crippen molar-refractivity contribution in [2.75, 3.05) is 0 Å². The highest BCUT2D eigenvalue weighted by molar-refractivity contribution is 5.19. The van der Waals surface area contributed by atoms with Crippen molar-refractivity contribution >= 4 is 0 Å². The molecule has 0 nitrogen and oxygen atoms in total. The minimum absolute atomic E-state index is 0.0865. The fourth-order valence-corrected chi connectivity index (χ4v) is 2.63. The standard InChI is InChI=1S/C18H34/c1-13(2)15(5,6)17(9,10)18(11,12)16(7,8)14(3)4/h1,3H2,2,4-12H3. The zero-order chi connectivity index (χ0) is 15.2. The molecule has 0 unspecified atom stereocenters. The maximum absolute atomic E-state index is 4.21. The topological polar surface area (TPSA) is 0 Å². The van der Waals surface area contributed by atoms with Crippen LogP contribution >= 0.6 is 0 Å². The average molecular weight is 250 g/mol. The molecule has 0 amide bonds. The minimum Gasteiger partial charge on any atom is -0.0996 e. The van der Waals surface area contributed by atoms with E-state index in [0.29, 0.717) is 0 Å². The zero-order valence-corrected chi connectivity index (χ0v) is 14.4. The molecule has 0 aliphatic rings. The van der Waals surface area contributed by atoms with Crippen molar-refractivity contribution in [2.24, 2.45) is 21.7 Å². The highest BCUT2D eigenvalue weighted by Gasteiger charge is 2.54. The SMILES string of the molecule is C=C(C)C(C)(C)C(C)(C)C(C)(C)C(C)(C)C(=C)C. The Bertz CT molecular complexity index is 312. The van der Waals surface area contributed by atoms with Crippen LogP contribution in [0.2, 0.25) is 0 Å². The molecule has 0 aliphatic carbocycles. The molecule has 0 aromatic rings. The van der Waals surface area contributed by atoms with Crippen LogP contribution in [0.4, 0.5) is 0 Å². The smallest absolute Gasteiger partial charge is 0.00936 e. The Kier molecular flexibility index (Phi) is 4.41. The number of hydrogen-bond acceptors (Lipinski definition) is 0. The molecule has 0 atom stereocenters. The van der Waals surface area contributed by atoms with Gasteiger partial charge in [0.15, 0.2) is 0 Å². The molecule has 0 aromatic carbocycles. The monoisotopic (exact) mass is 250 g/mol. The van der Waals surface area contributed by atoms with Gasteiger partial charge in [-0.25, -0.2) is 0 Å². The molecular formula is C18H34. The first kappa shape index (κ1) is 17.5. The van der Waals surface area contributed by atoms with Gasteiger partial charge in [-0.2, -0.15) is 0 Å². The van der Waals surface area contributed by atoms with Gasteiger partial charge >= 0.3 is 0 Å². The van der Waals surface area contributed by atoms with Crippen molar-refractivity contribution in [2.45, 2.75) is 69.2 Å². The van der Waals surface area contributed by atoms with E-state index in [1.54, 1.807) is 0 Å². The average Bonchev–Trinajstić information content (AvgIpc) is 2.15. The summed E-state index contributed by atoms with van der Waals surface area (Å²) < 4.78 is 0. The van der Waals surface area contributed by atoms with Crippen molar-refractivity contribution in [3.05, 3.63) is 24.3 Å². The molecule has 0 radical (unpaired) electrons. The van der Waals surface area contributed by atoms with Crippen LogP contribution in [0.25, 0.3) is 0 Å². The van der Waals surface area contributed by atoms with E-state index >= 15 is 0 Å². The molecule has 0 heteroatoms. The van der Waals surface area contributed by atoms with Gasteiger partial charge in [0.2, 0.25) is 0 Å². The van der Waals surface area contributed by atoms with Gasteiger partial charge < -0.3 is 0 Å². The Morgan fingerprint density at radius 2 is 0.722 bits per heavy atom. The minimum atomic E-state index is 0.0865. The second kappa shape index (κ2) is 4.54. The second-order valence-electron chi connectivity index (χ2n) is 8.06. The summed E-state index contributed by atoms with van der Waals surface area (Å²) in [5.74, 6) is 0. The van der Waals surface area contributed by atoms with Gasteiger partial charge in [0.1, 0.15) is 0 Å². The van der Waals surface area contributed by atoms with E-state index in [0.717, 1.165) is 0 Å². The van der Waals surface area contributed by atoms with E-state index in [1.165, 1.54) is 11.1 Å². The number of hydrogen-bond donors (Lipinski definition) is 0. The first-order valence-corrected chi connectivity index (χ1v) is 6.96. The van der Waals surface area contributed by atoms with Crippen LogP contribution in [-0.2, 0) is 0 Å². The Morgan fingerprint density at radius 1 is 0.556 bits per heavy atom. The van der Waals surface area contributed by atoms with Crippen molar-refractivity contribution in [3.8, 4) is 0 Å². The summed E-state index contributed by atoms with van der Waals surface area (Å²) >= 11 is 0. The fraction of sp³-hybridized carbons (Fsp3) is 0.778. The molecule has 0 N–H and O–H groups in total. The van der Waals surface area contributed by atoms with Gasteiger partial charge in [0, 0.05) is 0 Å². The molecule has 106 valence electrons. The van der Waals surface area contributed by atoms with Gasteiger partial charge in [0.05, 0.1) is 0 Å². The van der Waals surface area contributed by atoms with Crippen LogP contribution in [0.3, 0.4) is 0 Å².